The number of pyridine rings is 1. The maximum atomic E-state index is 12.1. The summed E-state index contributed by atoms with van der Waals surface area (Å²) >= 11 is 0. The molecule has 0 aliphatic heterocycles. The van der Waals surface area contributed by atoms with Gasteiger partial charge in [0.05, 0.1) is 17.5 Å². The van der Waals surface area contributed by atoms with Crippen LogP contribution in [0, 0.1) is 6.92 Å². The normalized spacial score (nSPS) is 10.2. The number of aromatic nitrogens is 3. The van der Waals surface area contributed by atoms with Crippen molar-refractivity contribution >= 4 is 11.8 Å². The lowest BCUT2D eigenvalue weighted by Gasteiger charge is -2.06. The fraction of sp³-hybridized carbons (Fsp3) is 0.286. The van der Waals surface area contributed by atoms with E-state index in [1.165, 1.54) is 13.1 Å². The molecule has 0 fully saturated rings. The first kappa shape index (κ1) is 14.7. The highest BCUT2D eigenvalue weighted by Gasteiger charge is 2.14. The lowest BCUT2D eigenvalue weighted by Crippen LogP contribution is -2.33. The molecule has 0 atom stereocenters. The average molecular weight is 287 g/mol. The Bertz CT molecular complexity index is 636. The zero-order valence-electron chi connectivity index (χ0n) is 12.0. The first-order valence-corrected chi connectivity index (χ1v) is 6.58. The van der Waals surface area contributed by atoms with Crippen molar-refractivity contribution in [2.75, 3.05) is 13.1 Å². The molecule has 0 radical (unpaired) electrons. The molecule has 2 aromatic heterocycles. The molecule has 0 aliphatic carbocycles. The van der Waals surface area contributed by atoms with Crippen molar-refractivity contribution in [2.45, 2.75) is 13.8 Å². The summed E-state index contributed by atoms with van der Waals surface area (Å²) in [5, 5.41) is 9.53. The van der Waals surface area contributed by atoms with Gasteiger partial charge < -0.3 is 10.6 Å². The van der Waals surface area contributed by atoms with E-state index >= 15 is 0 Å². The number of rotatable bonds is 5. The predicted molar refractivity (Wildman–Crippen MR) is 77.1 cm³/mol. The Labute approximate surface area is 122 Å². The smallest absolute Gasteiger partial charge is 0.254 e. The molecule has 2 N–H and O–H groups in total. The Morgan fingerprint density at radius 2 is 2.00 bits per heavy atom. The first-order valence-electron chi connectivity index (χ1n) is 6.58. The molecule has 7 heteroatoms. The Balaban J connectivity index is 2.03. The lowest BCUT2D eigenvalue weighted by molar-refractivity contribution is -0.118. The van der Waals surface area contributed by atoms with Crippen molar-refractivity contribution in [1.29, 1.82) is 0 Å². The second kappa shape index (κ2) is 6.65. The van der Waals surface area contributed by atoms with Crippen molar-refractivity contribution in [3.05, 3.63) is 41.9 Å². The zero-order valence-corrected chi connectivity index (χ0v) is 12.0. The van der Waals surface area contributed by atoms with Gasteiger partial charge in [0.2, 0.25) is 5.91 Å². The van der Waals surface area contributed by atoms with Crippen LogP contribution in [-0.2, 0) is 4.79 Å². The third-order valence-electron chi connectivity index (χ3n) is 2.91. The lowest BCUT2D eigenvalue weighted by atomic mass is 10.2. The number of hydrogen-bond donors (Lipinski definition) is 2. The molecule has 110 valence electrons. The van der Waals surface area contributed by atoms with Gasteiger partial charge in [-0.1, -0.05) is 6.07 Å². The van der Waals surface area contributed by atoms with Gasteiger partial charge in [-0.2, -0.15) is 5.10 Å². The molecule has 0 unspecified atom stereocenters. The number of nitrogens with zero attached hydrogens (tertiary/aromatic N) is 3. The molecule has 0 aromatic carbocycles. The highest BCUT2D eigenvalue weighted by molar-refractivity contribution is 5.95. The van der Waals surface area contributed by atoms with Crippen LogP contribution in [0.15, 0.2) is 30.6 Å². The van der Waals surface area contributed by atoms with Crippen molar-refractivity contribution < 1.29 is 9.59 Å². The van der Waals surface area contributed by atoms with E-state index in [2.05, 4.69) is 20.7 Å². The molecular formula is C14H17N5O2. The van der Waals surface area contributed by atoms with Gasteiger partial charge in [-0.25, -0.2) is 9.67 Å². The van der Waals surface area contributed by atoms with Crippen LogP contribution >= 0.6 is 0 Å². The molecule has 7 nitrogen and oxygen atoms in total. The molecule has 21 heavy (non-hydrogen) atoms. The molecule has 0 bridgehead atoms. The Morgan fingerprint density at radius 3 is 2.67 bits per heavy atom. The van der Waals surface area contributed by atoms with Crippen LogP contribution in [-0.4, -0.2) is 39.7 Å². The van der Waals surface area contributed by atoms with E-state index in [1.54, 1.807) is 10.9 Å². The van der Waals surface area contributed by atoms with Crippen LogP contribution < -0.4 is 10.6 Å². The Hall–Kier alpha value is -2.70. The molecule has 2 rings (SSSR count). The molecule has 2 heterocycles. The minimum absolute atomic E-state index is 0.122. The number of carbonyl (C=O) groups is 2. The maximum Gasteiger partial charge on any atom is 0.254 e. The summed E-state index contributed by atoms with van der Waals surface area (Å²) < 4.78 is 1.61. The van der Waals surface area contributed by atoms with Gasteiger partial charge in [-0.3, -0.25) is 9.59 Å². The number of nitrogens with one attached hydrogen (secondary N) is 2. The van der Waals surface area contributed by atoms with Gasteiger partial charge in [0.25, 0.3) is 5.91 Å². The van der Waals surface area contributed by atoms with Crippen LogP contribution in [0.1, 0.15) is 23.0 Å². The summed E-state index contributed by atoms with van der Waals surface area (Å²) in [6.07, 6.45) is 3.18. The van der Waals surface area contributed by atoms with Crippen LogP contribution in [0.3, 0.4) is 0 Å². The van der Waals surface area contributed by atoms with E-state index in [4.69, 9.17) is 0 Å². The summed E-state index contributed by atoms with van der Waals surface area (Å²) in [6.45, 7) is 4.01. The first-order chi connectivity index (χ1) is 10.1. The highest BCUT2D eigenvalue weighted by Crippen LogP contribution is 2.11. The van der Waals surface area contributed by atoms with Gasteiger partial charge in [0.1, 0.15) is 0 Å². The topological polar surface area (TPSA) is 88.9 Å². The van der Waals surface area contributed by atoms with E-state index in [0.29, 0.717) is 30.2 Å². The zero-order chi connectivity index (χ0) is 15.2. The van der Waals surface area contributed by atoms with E-state index < -0.39 is 0 Å². The van der Waals surface area contributed by atoms with Crippen LogP contribution in [0.2, 0.25) is 0 Å². The molecule has 0 saturated heterocycles. The SMILES string of the molecule is CC(=O)NCCNC(=O)c1cnn(-c2ccccn2)c1C. The van der Waals surface area contributed by atoms with Crippen molar-refractivity contribution in [2.24, 2.45) is 0 Å². The minimum atomic E-state index is -0.222. The molecule has 2 amide bonds. The number of carbonyl (C=O) groups excluding carboxylic acids is 2. The number of amides is 2. The van der Waals surface area contributed by atoms with E-state index in [-0.39, 0.29) is 11.8 Å². The van der Waals surface area contributed by atoms with E-state index in [1.807, 2.05) is 25.1 Å². The minimum Gasteiger partial charge on any atom is -0.355 e. The van der Waals surface area contributed by atoms with Crippen molar-refractivity contribution in [3.63, 3.8) is 0 Å². The summed E-state index contributed by atoms with van der Waals surface area (Å²) in [6, 6.07) is 5.49. The largest absolute Gasteiger partial charge is 0.355 e. The van der Waals surface area contributed by atoms with Gasteiger partial charge >= 0.3 is 0 Å². The van der Waals surface area contributed by atoms with Gasteiger partial charge in [-0.15, -0.1) is 0 Å². The van der Waals surface area contributed by atoms with E-state index in [0.717, 1.165) is 0 Å². The molecule has 0 aliphatic rings. The summed E-state index contributed by atoms with van der Waals surface area (Å²) in [7, 11) is 0. The standard InChI is InChI=1S/C14H17N5O2/c1-10-12(14(21)17-8-7-15-11(2)20)9-18-19(10)13-5-3-4-6-16-13/h3-6,9H,7-8H2,1-2H3,(H,15,20)(H,17,21). The van der Waals surface area contributed by atoms with Gasteiger partial charge in [-0.05, 0) is 19.1 Å². The van der Waals surface area contributed by atoms with Crippen LogP contribution in [0.5, 0.6) is 0 Å². The fourth-order valence-corrected chi connectivity index (χ4v) is 1.85. The third kappa shape index (κ3) is 3.65. The highest BCUT2D eigenvalue weighted by atomic mass is 16.2. The Kier molecular flexibility index (Phi) is 4.65. The molecule has 0 saturated carbocycles. The summed E-state index contributed by atoms with van der Waals surface area (Å²) in [5.41, 5.74) is 1.20. The van der Waals surface area contributed by atoms with Crippen LogP contribution in [0.4, 0.5) is 0 Å². The maximum absolute atomic E-state index is 12.1. The van der Waals surface area contributed by atoms with Crippen molar-refractivity contribution in [1.82, 2.24) is 25.4 Å². The van der Waals surface area contributed by atoms with E-state index in [9.17, 15) is 9.59 Å². The van der Waals surface area contributed by atoms with Crippen LogP contribution in [0.25, 0.3) is 5.82 Å². The fourth-order valence-electron chi connectivity index (χ4n) is 1.85. The van der Waals surface area contributed by atoms with Gasteiger partial charge in [0.15, 0.2) is 5.82 Å². The quantitative estimate of drug-likeness (QED) is 0.781. The Morgan fingerprint density at radius 1 is 1.24 bits per heavy atom. The monoisotopic (exact) mass is 287 g/mol. The second-order valence-electron chi connectivity index (χ2n) is 4.48. The predicted octanol–water partition coefficient (Wildman–Crippen LogP) is 0.442. The molecular weight excluding hydrogens is 270 g/mol. The second-order valence-corrected chi connectivity index (χ2v) is 4.48. The molecule has 0 spiro atoms. The summed E-state index contributed by atoms with van der Waals surface area (Å²) in [4.78, 5) is 27.0. The third-order valence-corrected chi connectivity index (χ3v) is 2.91. The van der Waals surface area contributed by atoms with Gasteiger partial charge in [0, 0.05) is 26.2 Å². The summed E-state index contributed by atoms with van der Waals surface area (Å²) in [5.74, 6) is 0.315. The average Bonchev–Trinajstić information content (AvgIpc) is 2.86. The van der Waals surface area contributed by atoms with Crippen molar-refractivity contribution in [3.8, 4) is 5.82 Å². The molecule has 2 aromatic rings. The number of hydrogen-bond acceptors (Lipinski definition) is 4.